The Hall–Kier alpha value is -1.75. The van der Waals surface area contributed by atoms with Gasteiger partial charge in [0.1, 0.15) is 5.82 Å². The summed E-state index contributed by atoms with van der Waals surface area (Å²) in [6.07, 6.45) is 4.31. The van der Waals surface area contributed by atoms with Crippen molar-refractivity contribution in [2.24, 2.45) is 0 Å². The number of aromatic nitrogens is 1. The van der Waals surface area contributed by atoms with Crippen molar-refractivity contribution in [2.75, 3.05) is 13.1 Å². The number of carbonyl (C=O) groups is 1. The molecule has 3 rings (SSSR count). The minimum Gasteiger partial charge on any atom is -0.343 e. The number of likely N-dealkylation sites (tertiary alicyclic amines) is 1. The molecule has 1 atom stereocenters. The van der Waals surface area contributed by atoms with Gasteiger partial charge in [0.25, 0.3) is 0 Å². The summed E-state index contributed by atoms with van der Waals surface area (Å²) in [7, 11) is 0. The Morgan fingerprint density at radius 2 is 2.04 bits per heavy atom. The summed E-state index contributed by atoms with van der Waals surface area (Å²) in [5, 5.41) is 3.20. The number of thiazole rings is 1. The van der Waals surface area contributed by atoms with E-state index in [1.54, 1.807) is 23.5 Å². The van der Waals surface area contributed by atoms with Crippen LogP contribution in [0.15, 0.2) is 35.8 Å². The first-order valence-electron chi connectivity index (χ1n) is 8.06. The summed E-state index contributed by atoms with van der Waals surface area (Å²) in [5.41, 5.74) is 1.01. The second kappa shape index (κ2) is 7.21. The number of nitrogens with zero attached hydrogens (tertiary/aromatic N) is 2. The molecule has 0 saturated carbocycles. The quantitative estimate of drug-likeness (QED) is 0.841. The second-order valence-corrected chi connectivity index (χ2v) is 7.11. The molecule has 1 saturated heterocycles. The molecule has 3 nitrogen and oxygen atoms in total. The summed E-state index contributed by atoms with van der Waals surface area (Å²) in [6, 6.07) is 6.44. The zero-order chi connectivity index (χ0) is 16.2. The molecule has 0 spiro atoms. The molecule has 2 aromatic rings. The molecule has 23 heavy (non-hydrogen) atoms. The molecule has 1 aromatic carbocycles. The van der Waals surface area contributed by atoms with Gasteiger partial charge in [-0.05, 0) is 36.5 Å². The predicted molar refractivity (Wildman–Crippen MR) is 90.1 cm³/mol. The molecular weight excluding hydrogens is 311 g/mol. The first-order chi connectivity index (χ1) is 11.1. The van der Waals surface area contributed by atoms with Crippen molar-refractivity contribution in [3.05, 3.63) is 52.2 Å². The molecule has 5 heteroatoms. The highest BCUT2D eigenvalue weighted by atomic mass is 32.1. The van der Waals surface area contributed by atoms with Crippen LogP contribution < -0.4 is 0 Å². The van der Waals surface area contributed by atoms with Crippen molar-refractivity contribution in [3.63, 3.8) is 0 Å². The molecule has 0 N–H and O–H groups in total. The second-order valence-electron chi connectivity index (χ2n) is 6.18. The third-order valence-electron chi connectivity index (χ3n) is 4.57. The minimum atomic E-state index is -0.239. The van der Waals surface area contributed by atoms with Gasteiger partial charge in [0.15, 0.2) is 0 Å². The largest absolute Gasteiger partial charge is 0.343 e. The van der Waals surface area contributed by atoms with Crippen molar-refractivity contribution in [1.29, 1.82) is 0 Å². The topological polar surface area (TPSA) is 33.2 Å². The molecule has 1 aromatic heterocycles. The molecule has 1 aliphatic rings. The molecular formula is C18H21FN2OS. The Kier molecular flexibility index (Phi) is 5.06. The monoisotopic (exact) mass is 332 g/mol. The van der Waals surface area contributed by atoms with E-state index < -0.39 is 0 Å². The number of carbonyl (C=O) groups excluding carboxylic acids is 1. The number of halogens is 1. The van der Waals surface area contributed by atoms with Gasteiger partial charge in [-0.25, -0.2) is 9.37 Å². The maximum atomic E-state index is 13.0. The SMILES string of the molecule is CC(CC(=O)N1CCC(c2nccs2)CC1)c1ccc(F)cc1. The van der Waals surface area contributed by atoms with Gasteiger partial charge in [-0.1, -0.05) is 19.1 Å². The van der Waals surface area contributed by atoms with Crippen LogP contribution in [0.4, 0.5) is 4.39 Å². The zero-order valence-electron chi connectivity index (χ0n) is 13.2. The standard InChI is InChI=1S/C18H21FN2OS/c1-13(14-2-4-16(19)5-3-14)12-17(22)21-9-6-15(7-10-21)18-20-8-11-23-18/h2-5,8,11,13,15H,6-7,9-10,12H2,1H3. The van der Waals surface area contributed by atoms with Gasteiger partial charge >= 0.3 is 0 Å². The highest BCUT2D eigenvalue weighted by Crippen LogP contribution is 2.30. The van der Waals surface area contributed by atoms with E-state index in [9.17, 15) is 9.18 Å². The van der Waals surface area contributed by atoms with Gasteiger partial charge in [0.05, 0.1) is 5.01 Å². The number of amides is 1. The Bertz CT molecular complexity index is 634. The van der Waals surface area contributed by atoms with Gasteiger partial charge in [-0.3, -0.25) is 4.79 Å². The normalized spacial score (nSPS) is 17.2. The van der Waals surface area contributed by atoms with E-state index in [4.69, 9.17) is 0 Å². The molecule has 1 unspecified atom stereocenters. The molecule has 122 valence electrons. The van der Waals surface area contributed by atoms with Crippen molar-refractivity contribution < 1.29 is 9.18 Å². The molecule has 0 bridgehead atoms. The minimum absolute atomic E-state index is 0.111. The van der Waals surface area contributed by atoms with Crippen LogP contribution >= 0.6 is 11.3 Å². The van der Waals surface area contributed by atoms with Crippen LogP contribution in [0.25, 0.3) is 0 Å². The number of hydrogen-bond acceptors (Lipinski definition) is 3. The molecule has 0 aliphatic carbocycles. The number of benzene rings is 1. The molecule has 1 amide bonds. The fourth-order valence-electron chi connectivity index (χ4n) is 3.11. The van der Waals surface area contributed by atoms with Gasteiger partial charge in [-0.15, -0.1) is 11.3 Å². The van der Waals surface area contributed by atoms with E-state index in [2.05, 4.69) is 4.98 Å². The number of piperidine rings is 1. The van der Waals surface area contributed by atoms with Crippen LogP contribution in [-0.2, 0) is 4.79 Å². The molecule has 1 aliphatic heterocycles. The van der Waals surface area contributed by atoms with Crippen LogP contribution in [0.3, 0.4) is 0 Å². The lowest BCUT2D eigenvalue weighted by Gasteiger charge is -2.32. The molecule has 0 radical (unpaired) electrons. The fraction of sp³-hybridized carbons (Fsp3) is 0.444. The van der Waals surface area contributed by atoms with Crippen LogP contribution in [0.5, 0.6) is 0 Å². The highest BCUT2D eigenvalue weighted by Gasteiger charge is 2.26. The maximum Gasteiger partial charge on any atom is 0.223 e. The van der Waals surface area contributed by atoms with E-state index in [0.29, 0.717) is 12.3 Å². The van der Waals surface area contributed by atoms with Crippen LogP contribution in [0, 0.1) is 5.82 Å². The summed E-state index contributed by atoms with van der Waals surface area (Å²) in [5.74, 6) is 0.560. The predicted octanol–water partition coefficient (Wildman–Crippen LogP) is 4.18. The third-order valence-corrected chi connectivity index (χ3v) is 5.51. The van der Waals surface area contributed by atoms with E-state index in [1.807, 2.05) is 23.4 Å². The zero-order valence-corrected chi connectivity index (χ0v) is 14.1. The van der Waals surface area contributed by atoms with Crippen LogP contribution in [-0.4, -0.2) is 28.9 Å². The summed E-state index contributed by atoms with van der Waals surface area (Å²) >= 11 is 1.70. The van der Waals surface area contributed by atoms with E-state index in [1.165, 1.54) is 17.1 Å². The molecule has 2 heterocycles. The van der Waals surface area contributed by atoms with Gasteiger partial charge in [0, 0.05) is 37.0 Å². The van der Waals surface area contributed by atoms with Crippen molar-refractivity contribution in [2.45, 2.75) is 38.0 Å². The van der Waals surface area contributed by atoms with E-state index in [0.717, 1.165) is 31.5 Å². The van der Waals surface area contributed by atoms with Crippen molar-refractivity contribution in [3.8, 4) is 0 Å². The Morgan fingerprint density at radius 1 is 1.35 bits per heavy atom. The van der Waals surface area contributed by atoms with Gasteiger partial charge < -0.3 is 4.90 Å². The van der Waals surface area contributed by atoms with E-state index >= 15 is 0 Å². The Labute approximate surface area is 140 Å². The van der Waals surface area contributed by atoms with Crippen LogP contribution in [0.1, 0.15) is 48.6 Å². The lowest BCUT2D eigenvalue weighted by Crippen LogP contribution is -2.38. The maximum absolute atomic E-state index is 13.0. The first-order valence-corrected chi connectivity index (χ1v) is 8.94. The average Bonchev–Trinajstić information content (AvgIpc) is 3.10. The lowest BCUT2D eigenvalue weighted by atomic mass is 9.94. The van der Waals surface area contributed by atoms with E-state index in [-0.39, 0.29) is 17.6 Å². The summed E-state index contributed by atoms with van der Waals surface area (Å²) in [6.45, 7) is 3.63. The van der Waals surface area contributed by atoms with Crippen molar-refractivity contribution >= 4 is 17.2 Å². The lowest BCUT2D eigenvalue weighted by molar-refractivity contribution is -0.132. The Morgan fingerprint density at radius 3 is 2.65 bits per heavy atom. The van der Waals surface area contributed by atoms with Gasteiger partial charge in [-0.2, -0.15) is 0 Å². The Balaban J connectivity index is 1.52. The summed E-state index contributed by atoms with van der Waals surface area (Å²) in [4.78, 5) is 18.8. The summed E-state index contributed by atoms with van der Waals surface area (Å²) < 4.78 is 13.0. The fourth-order valence-corrected chi connectivity index (χ4v) is 3.92. The third kappa shape index (κ3) is 3.96. The number of rotatable bonds is 4. The first kappa shape index (κ1) is 16.1. The smallest absolute Gasteiger partial charge is 0.223 e. The van der Waals surface area contributed by atoms with Gasteiger partial charge in [0.2, 0.25) is 5.91 Å². The number of hydrogen-bond donors (Lipinski definition) is 0. The van der Waals surface area contributed by atoms with Crippen molar-refractivity contribution in [1.82, 2.24) is 9.88 Å². The average molecular weight is 332 g/mol. The van der Waals surface area contributed by atoms with Crippen LogP contribution in [0.2, 0.25) is 0 Å². The molecule has 1 fully saturated rings. The highest BCUT2D eigenvalue weighted by molar-refractivity contribution is 7.09.